The molecule has 0 aliphatic carbocycles. The lowest BCUT2D eigenvalue weighted by Crippen LogP contribution is -2.12. The Balaban J connectivity index is 1.32. The van der Waals surface area contributed by atoms with Crippen LogP contribution < -0.4 is 11.1 Å². The van der Waals surface area contributed by atoms with Gasteiger partial charge in [0.1, 0.15) is 11.5 Å². The summed E-state index contributed by atoms with van der Waals surface area (Å²) in [4.78, 5) is 34.7. The number of primary amides is 1. The molecule has 0 saturated heterocycles. The Kier molecular flexibility index (Phi) is 5.35. The topological polar surface area (TPSA) is 140 Å². The fourth-order valence-corrected chi connectivity index (χ4v) is 3.36. The molecule has 0 aliphatic heterocycles. The number of aromatic amines is 1. The molecule has 2 amide bonds. The van der Waals surface area contributed by atoms with Crippen molar-refractivity contribution >= 4 is 28.3 Å². The molecule has 152 valence electrons. The Morgan fingerprint density at radius 3 is 2.73 bits per heavy atom. The molecule has 3 aromatic heterocycles. The number of hydrogen-bond donors (Lipinski definition) is 3. The number of H-pyrrole nitrogens is 1. The van der Waals surface area contributed by atoms with Crippen LogP contribution in [0.3, 0.4) is 0 Å². The van der Waals surface area contributed by atoms with Crippen LogP contribution in [0.5, 0.6) is 0 Å². The average Bonchev–Trinajstić information content (AvgIpc) is 3.47. The lowest BCUT2D eigenvalue weighted by atomic mass is 10.2. The van der Waals surface area contributed by atoms with Crippen molar-refractivity contribution in [1.29, 1.82) is 0 Å². The van der Waals surface area contributed by atoms with E-state index in [2.05, 4.69) is 25.4 Å². The number of carbonyl (C=O) groups is 2. The van der Waals surface area contributed by atoms with E-state index < -0.39 is 5.91 Å². The summed E-state index contributed by atoms with van der Waals surface area (Å²) < 4.78 is 18.1. The van der Waals surface area contributed by atoms with E-state index in [0.29, 0.717) is 33.7 Å². The number of amides is 2. The second kappa shape index (κ2) is 8.25. The molecule has 1 aromatic carbocycles. The fourth-order valence-electron chi connectivity index (χ4n) is 2.62. The summed E-state index contributed by atoms with van der Waals surface area (Å²) in [5.41, 5.74) is 7.43. The highest BCUT2D eigenvalue weighted by atomic mass is 32.1. The van der Waals surface area contributed by atoms with Crippen molar-refractivity contribution in [3.8, 4) is 22.6 Å². The minimum absolute atomic E-state index is 0.121. The Bertz CT molecular complexity index is 1200. The third-order valence-electron chi connectivity index (χ3n) is 4.13. The van der Waals surface area contributed by atoms with Gasteiger partial charge < -0.3 is 20.6 Å². The summed E-state index contributed by atoms with van der Waals surface area (Å²) in [5.74, 6) is -0.542. The Hall–Kier alpha value is -3.86. The Labute approximate surface area is 173 Å². The van der Waals surface area contributed by atoms with E-state index in [0.717, 1.165) is 0 Å². The Morgan fingerprint density at radius 2 is 2.00 bits per heavy atom. The summed E-state index contributed by atoms with van der Waals surface area (Å²) >= 11 is 1.26. The summed E-state index contributed by atoms with van der Waals surface area (Å²) in [7, 11) is 0. The zero-order chi connectivity index (χ0) is 21.1. The number of aryl methyl sites for hydroxylation is 1. The third-order valence-corrected chi connectivity index (χ3v) is 4.89. The SMILES string of the molecule is NC(=O)c1cc(-c2csc(NC(=O)CCc3nc(-c4ccc(F)cc4)no3)n2)c[nH]1. The summed E-state index contributed by atoms with van der Waals surface area (Å²) in [6.07, 6.45) is 1.99. The van der Waals surface area contributed by atoms with Crippen LogP contribution in [-0.2, 0) is 11.2 Å². The largest absolute Gasteiger partial charge is 0.364 e. The zero-order valence-electron chi connectivity index (χ0n) is 15.4. The van der Waals surface area contributed by atoms with E-state index in [1.165, 1.54) is 23.5 Å². The monoisotopic (exact) mass is 426 g/mol. The van der Waals surface area contributed by atoms with Crippen LogP contribution in [0, 0.1) is 5.82 Å². The summed E-state index contributed by atoms with van der Waals surface area (Å²) in [5, 5.41) is 8.74. The van der Waals surface area contributed by atoms with Gasteiger partial charge in [0.2, 0.25) is 17.6 Å². The molecule has 9 nitrogen and oxygen atoms in total. The van der Waals surface area contributed by atoms with Crippen LogP contribution >= 0.6 is 11.3 Å². The molecule has 0 fully saturated rings. The number of benzene rings is 1. The van der Waals surface area contributed by atoms with E-state index in [-0.39, 0.29) is 30.3 Å². The highest BCUT2D eigenvalue weighted by Gasteiger charge is 2.13. The number of carbonyl (C=O) groups excluding carboxylic acids is 2. The van der Waals surface area contributed by atoms with Crippen molar-refractivity contribution in [1.82, 2.24) is 20.1 Å². The van der Waals surface area contributed by atoms with E-state index >= 15 is 0 Å². The highest BCUT2D eigenvalue weighted by Crippen LogP contribution is 2.25. The normalized spacial score (nSPS) is 10.8. The molecule has 0 spiro atoms. The number of nitrogens with one attached hydrogen (secondary N) is 2. The lowest BCUT2D eigenvalue weighted by molar-refractivity contribution is -0.116. The molecular weight excluding hydrogens is 411 g/mol. The van der Waals surface area contributed by atoms with Gasteiger partial charge in [0.25, 0.3) is 5.91 Å². The molecule has 4 rings (SSSR count). The predicted molar refractivity (Wildman–Crippen MR) is 107 cm³/mol. The van der Waals surface area contributed by atoms with Crippen LogP contribution in [0.2, 0.25) is 0 Å². The predicted octanol–water partition coefficient (Wildman–Crippen LogP) is 3.00. The number of halogens is 1. The molecule has 11 heteroatoms. The number of nitrogens with two attached hydrogens (primary N) is 1. The van der Waals surface area contributed by atoms with Gasteiger partial charge in [-0.05, 0) is 30.3 Å². The van der Waals surface area contributed by atoms with E-state index in [1.807, 2.05) is 0 Å². The molecule has 0 bridgehead atoms. The molecule has 30 heavy (non-hydrogen) atoms. The van der Waals surface area contributed by atoms with Gasteiger partial charge in [0, 0.05) is 35.5 Å². The standard InChI is InChI=1S/C19H15FN6O3S/c20-12-3-1-10(2-4-12)18-25-16(29-26-18)6-5-15(27)24-19-23-14(9-30-19)11-7-13(17(21)28)22-8-11/h1-4,7-9,22H,5-6H2,(H2,21,28)(H,23,24,27). The molecular formula is C19H15FN6O3S. The number of rotatable bonds is 7. The first-order chi connectivity index (χ1) is 14.5. The molecule has 0 aliphatic rings. The van der Waals surface area contributed by atoms with E-state index in [1.54, 1.807) is 29.8 Å². The first-order valence-electron chi connectivity index (χ1n) is 8.80. The fraction of sp³-hybridized carbons (Fsp3) is 0.105. The lowest BCUT2D eigenvalue weighted by Gasteiger charge is -1.99. The molecule has 0 saturated carbocycles. The number of anilines is 1. The van der Waals surface area contributed by atoms with Crippen molar-refractivity contribution in [3.63, 3.8) is 0 Å². The maximum Gasteiger partial charge on any atom is 0.265 e. The van der Waals surface area contributed by atoms with Gasteiger partial charge in [0.15, 0.2) is 5.13 Å². The van der Waals surface area contributed by atoms with Crippen molar-refractivity contribution in [2.75, 3.05) is 5.32 Å². The molecule has 4 N–H and O–H groups in total. The van der Waals surface area contributed by atoms with Crippen molar-refractivity contribution < 1.29 is 18.5 Å². The first kappa shape index (κ1) is 19.5. The quantitative estimate of drug-likeness (QED) is 0.415. The highest BCUT2D eigenvalue weighted by molar-refractivity contribution is 7.14. The Morgan fingerprint density at radius 1 is 1.20 bits per heavy atom. The van der Waals surface area contributed by atoms with Crippen LogP contribution in [-0.4, -0.2) is 31.9 Å². The van der Waals surface area contributed by atoms with Crippen molar-refractivity contribution in [2.45, 2.75) is 12.8 Å². The van der Waals surface area contributed by atoms with Gasteiger partial charge in [-0.1, -0.05) is 5.16 Å². The van der Waals surface area contributed by atoms with Gasteiger partial charge in [-0.3, -0.25) is 9.59 Å². The van der Waals surface area contributed by atoms with Gasteiger partial charge in [-0.2, -0.15) is 4.98 Å². The van der Waals surface area contributed by atoms with Gasteiger partial charge >= 0.3 is 0 Å². The van der Waals surface area contributed by atoms with E-state index in [4.69, 9.17) is 10.3 Å². The van der Waals surface area contributed by atoms with Crippen LogP contribution in [0.25, 0.3) is 22.6 Å². The number of aromatic nitrogens is 4. The van der Waals surface area contributed by atoms with Crippen LogP contribution in [0.1, 0.15) is 22.8 Å². The van der Waals surface area contributed by atoms with Gasteiger partial charge in [-0.25, -0.2) is 9.37 Å². The van der Waals surface area contributed by atoms with Gasteiger partial charge in [0.05, 0.1) is 5.69 Å². The molecule has 0 radical (unpaired) electrons. The average molecular weight is 426 g/mol. The zero-order valence-corrected chi connectivity index (χ0v) is 16.2. The van der Waals surface area contributed by atoms with Crippen LogP contribution in [0.15, 0.2) is 46.4 Å². The number of nitrogens with zero attached hydrogens (tertiary/aromatic N) is 3. The maximum absolute atomic E-state index is 13.0. The van der Waals surface area contributed by atoms with Gasteiger partial charge in [-0.15, -0.1) is 11.3 Å². The summed E-state index contributed by atoms with van der Waals surface area (Å²) in [6, 6.07) is 7.31. The molecule has 3 heterocycles. The minimum Gasteiger partial charge on any atom is -0.364 e. The summed E-state index contributed by atoms with van der Waals surface area (Å²) in [6.45, 7) is 0. The maximum atomic E-state index is 13.0. The first-order valence-corrected chi connectivity index (χ1v) is 9.68. The number of hydrogen-bond acceptors (Lipinski definition) is 7. The smallest absolute Gasteiger partial charge is 0.265 e. The molecule has 0 unspecified atom stereocenters. The minimum atomic E-state index is -0.561. The number of thiazole rings is 1. The van der Waals surface area contributed by atoms with Crippen molar-refractivity contribution in [3.05, 3.63) is 59.3 Å². The van der Waals surface area contributed by atoms with Crippen molar-refractivity contribution in [2.24, 2.45) is 5.73 Å². The second-order valence-electron chi connectivity index (χ2n) is 6.27. The second-order valence-corrected chi connectivity index (χ2v) is 7.13. The van der Waals surface area contributed by atoms with E-state index in [9.17, 15) is 14.0 Å². The third kappa shape index (κ3) is 4.41. The molecule has 4 aromatic rings. The van der Waals surface area contributed by atoms with Crippen LogP contribution in [0.4, 0.5) is 9.52 Å². The molecule has 0 atom stereocenters.